The van der Waals surface area contributed by atoms with E-state index in [0.29, 0.717) is 0 Å². The van der Waals surface area contributed by atoms with E-state index in [1.165, 1.54) is 10.2 Å². The third kappa shape index (κ3) is 4.14. The Morgan fingerprint density at radius 1 is 1.67 bits per heavy atom. The fraction of sp³-hybridized carbons (Fsp3) is 1.00. The third-order valence-electron chi connectivity index (χ3n) is 0.571. The fourth-order valence-corrected chi connectivity index (χ4v) is 0.632. The molecule has 0 heterocycles. The molecule has 0 aliphatic rings. The van der Waals surface area contributed by atoms with Gasteiger partial charge in [0, 0.05) is 23.3 Å². The molecule has 0 fully saturated rings. The van der Waals surface area contributed by atoms with Crippen molar-refractivity contribution in [3.63, 3.8) is 0 Å². The molecular weight excluding hydrogens is 92.1 g/mol. The molecule has 2 nitrogen and oxygen atoms in total. The molecule has 3 heteroatoms. The Balaban J connectivity index is 2.34. The van der Waals surface area contributed by atoms with Gasteiger partial charge in [-0.15, -0.1) is 0 Å². The summed E-state index contributed by atoms with van der Waals surface area (Å²) < 4.78 is 0. The minimum absolute atomic E-state index is 0.766. The van der Waals surface area contributed by atoms with E-state index in [9.17, 15) is 0 Å². The fourth-order valence-electron chi connectivity index (χ4n) is 0.279. The summed E-state index contributed by atoms with van der Waals surface area (Å²) >= 11 is 0. The van der Waals surface area contributed by atoms with Crippen LogP contribution in [-0.2, 0) is 0 Å². The molecule has 0 amide bonds. The summed E-state index contributed by atoms with van der Waals surface area (Å²) in [5.41, 5.74) is 5.17. The molecular formula is C3H12N2Si. The maximum absolute atomic E-state index is 5.17. The molecule has 0 aromatic rings. The van der Waals surface area contributed by atoms with Crippen LogP contribution in [0.1, 0.15) is 0 Å². The molecule has 6 heavy (non-hydrogen) atoms. The summed E-state index contributed by atoms with van der Waals surface area (Å²) in [6.45, 7) is 1.74. The Bertz CT molecular complexity index is 20.8. The minimum Gasteiger partial charge on any atom is -0.329 e. The summed E-state index contributed by atoms with van der Waals surface area (Å²) in [6.07, 6.45) is 1.16. The number of hydrogen-bond donors (Lipinski definition) is 2. The van der Waals surface area contributed by atoms with Gasteiger partial charge in [-0.05, 0) is 6.17 Å². The van der Waals surface area contributed by atoms with Crippen LogP contribution in [0.15, 0.2) is 0 Å². The van der Waals surface area contributed by atoms with Crippen LogP contribution in [0, 0.1) is 0 Å². The second-order valence-electron chi connectivity index (χ2n) is 1.14. The predicted molar refractivity (Wildman–Crippen MR) is 31.9 cm³/mol. The van der Waals surface area contributed by atoms with Crippen LogP contribution in [0.5, 0.6) is 0 Å². The van der Waals surface area contributed by atoms with Crippen molar-refractivity contribution in [2.45, 2.75) is 0 Å². The molecule has 38 valence electrons. The maximum Gasteiger partial charge on any atom is 0.0201 e. The number of nitrogens with two attached hydrogens (primary N) is 1. The molecule has 0 aromatic carbocycles. The SMILES string of the molecule is NCCNC[SiH3]. The van der Waals surface area contributed by atoms with Gasteiger partial charge in [-0.1, -0.05) is 0 Å². The zero-order valence-electron chi connectivity index (χ0n) is 4.20. The van der Waals surface area contributed by atoms with E-state index in [1.54, 1.807) is 0 Å². The van der Waals surface area contributed by atoms with E-state index in [1.807, 2.05) is 0 Å². The molecule has 0 saturated carbocycles. The van der Waals surface area contributed by atoms with E-state index in [4.69, 9.17) is 5.73 Å². The van der Waals surface area contributed by atoms with Crippen molar-refractivity contribution < 1.29 is 0 Å². The quantitative estimate of drug-likeness (QED) is 0.317. The van der Waals surface area contributed by atoms with Gasteiger partial charge in [-0.2, -0.15) is 0 Å². The van der Waals surface area contributed by atoms with Crippen molar-refractivity contribution >= 4 is 10.2 Å². The first kappa shape index (κ1) is 6.14. The van der Waals surface area contributed by atoms with Gasteiger partial charge in [0.1, 0.15) is 0 Å². The Labute approximate surface area is 41.5 Å². The lowest BCUT2D eigenvalue weighted by molar-refractivity contribution is 0.780. The topological polar surface area (TPSA) is 38.0 Å². The largest absolute Gasteiger partial charge is 0.329 e. The minimum atomic E-state index is 0.766. The van der Waals surface area contributed by atoms with Crippen LogP contribution in [0.2, 0.25) is 0 Å². The van der Waals surface area contributed by atoms with Crippen LogP contribution in [-0.4, -0.2) is 29.5 Å². The summed E-state index contributed by atoms with van der Waals surface area (Å²) in [5, 5.41) is 3.13. The highest BCUT2D eigenvalue weighted by atomic mass is 28.1. The lowest BCUT2D eigenvalue weighted by Gasteiger charge is -1.91. The standard InChI is InChI=1S/C3H12N2Si/c4-1-2-5-3-6/h5H,1-4H2,6H3. The van der Waals surface area contributed by atoms with Gasteiger partial charge in [0.2, 0.25) is 0 Å². The second-order valence-corrected chi connectivity index (χ2v) is 1.85. The van der Waals surface area contributed by atoms with Crippen LogP contribution in [0.25, 0.3) is 0 Å². The van der Waals surface area contributed by atoms with Crippen molar-refractivity contribution in [2.24, 2.45) is 5.73 Å². The first-order chi connectivity index (χ1) is 2.91. The smallest absolute Gasteiger partial charge is 0.0201 e. The highest BCUT2D eigenvalue weighted by molar-refractivity contribution is 6.08. The van der Waals surface area contributed by atoms with Gasteiger partial charge in [0.25, 0.3) is 0 Å². The van der Waals surface area contributed by atoms with Crippen molar-refractivity contribution in [2.75, 3.05) is 19.3 Å². The van der Waals surface area contributed by atoms with Crippen molar-refractivity contribution in [3.05, 3.63) is 0 Å². The Hall–Kier alpha value is 0.137. The normalized spacial score (nSPS) is 9.50. The lowest BCUT2D eigenvalue weighted by Crippen LogP contribution is -2.23. The van der Waals surface area contributed by atoms with Crippen LogP contribution >= 0.6 is 0 Å². The van der Waals surface area contributed by atoms with E-state index >= 15 is 0 Å². The van der Waals surface area contributed by atoms with Gasteiger partial charge in [-0.25, -0.2) is 0 Å². The van der Waals surface area contributed by atoms with Gasteiger partial charge in [0.15, 0.2) is 0 Å². The first-order valence-electron chi connectivity index (χ1n) is 2.32. The third-order valence-corrected chi connectivity index (χ3v) is 1.07. The van der Waals surface area contributed by atoms with Crippen LogP contribution < -0.4 is 11.1 Å². The molecule has 0 aliphatic carbocycles. The molecule has 0 spiro atoms. The van der Waals surface area contributed by atoms with Crippen LogP contribution in [0.4, 0.5) is 0 Å². The molecule has 0 rings (SSSR count). The monoisotopic (exact) mass is 104 g/mol. The zero-order chi connectivity index (χ0) is 4.83. The number of rotatable bonds is 3. The van der Waals surface area contributed by atoms with Crippen molar-refractivity contribution in [1.29, 1.82) is 0 Å². The average molecular weight is 104 g/mol. The molecule has 0 saturated heterocycles. The lowest BCUT2D eigenvalue weighted by atomic mass is 10.7. The highest BCUT2D eigenvalue weighted by Crippen LogP contribution is 1.43. The summed E-state index contributed by atoms with van der Waals surface area (Å²) in [5.74, 6) is 0. The van der Waals surface area contributed by atoms with E-state index in [0.717, 1.165) is 19.3 Å². The predicted octanol–water partition coefficient (Wildman–Crippen LogP) is -2.14. The summed E-state index contributed by atoms with van der Waals surface area (Å²) in [7, 11) is 1.24. The first-order valence-corrected chi connectivity index (χ1v) is 3.74. The van der Waals surface area contributed by atoms with Crippen LogP contribution in [0.3, 0.4) is 0 Å². The molecule has 0 atom stereocenters. The maximum atomic E-state index is 5.17. The Morgan fingerprint density at radius 2 is 2.33 bits per heavy atom. The summed E-state index contributed by atoms with van der Waals surface area (Å²) in [4.78, 5) is 0. The van der Waals surface area contributed by atoms with Gasteiger partial charge >= 0.3 is 0 Å². The van der Waals surface area contributed by atoms with Gasteiger partial charge in [-0.3, -0.25) is 0 Å². The van der Waals surface area contributed by atoms with E-state index in [-0.39, 0.29) is 0 Å². The highest BCUT2D eigenvalue weighted by Gasteiger charge is 1.71. The van der Waals surface area contributed by atoms with E-state index < -0.39 is 0 Å². The molecule has 0 bridgehead atoms. The van der Waals surface area contributed by atoms with E-state index in [2.05, 4.69) is 5.32 Å². The van der Waals surface area contributed by atoms with Gasteiger partial charge < -0.3 is 11.1 Å². The number of hydrogen-bond acceptors (Lipinski definition) is 2. The van der Waals surface area contributed by atoms with Gasteiger partial charge in [0.05, 0.1) is 0 Å². The van der Waals surface area contributed by atoms with Crippen molar-refractivity contribution in [1.82, 2.24) is 5.32 Å². The average Bonchev–Trinajstić information content (AvgIpc) is 1.61. The summed E-state index contributed by atoms with van der Waals surface area (Å²) in [6, 6.07) is 0. The molecule has 0 aromatic heterocycles. The zero-order valence-corrected chi connectivity index (χ0v) is 6.20. The Kier molecular flexibility index (Phi) is 5.25. The molecule has 0 aliphatic heterocycles. The Morgan fingerprint density at radius 3 is 2.50 bits per heavy atom. The number of nitrogens with one attached hydrogen (secondary N) is 1. The van der Waals surface area contributed by atoms with Crippen molar-refractivity contribution in [3.8, 4) is 0 Å². The second kappa shape index (κ2) is 5.14. The molecule has 0 unspecified atom stereocenters. The molecule has 3 N–H and O–H groups in total. The molecule has 0 radical (unpaired) electrons.